The highest BCUT2D eigenvalue weighted by atomic mass is 79.9. The SMILES string of the molecule is COC(C)[C@@H](C)N(Cc1ccc(Br)cc1F)C(=O)C1CCCCC1. The number of hydrogen-bond acceptors (Lipinski definition) is 2. The van der Waals surface area contributed by atoms with Crippen molar-refractivity contribution in [3.05, 3.63) is 34.1 Å². The fourth-order valence-electron chi connectivity index (χ4n) is 3.29. The van der Waals surface area contributed by atoms with Crippen molar-refractivity contribution in [1.82, 2.24) is 4.90 Å². The van der Waals surface area contributed by atoms with Crippen LogP contribution in [0.5, 0.6) is 0 Å². The smallest absolute Gasteiger partial charge is 0.226 e. The molecule has 1 amide bonds. The number of methoxy groups -OCH3 is 1. The van der Waals surface area contributed by atoms with Crippen molar-refractivity contribution in [1.29, 1.82) is 0 Å². The fourth-order valence-corrected chi connectivity index (χ4v) is 3.62. The van der Waals surface area contributed by atoms with Crippen molar-refractivity contribution in [3.8, 4) is 0 Å². The van der Waals surface area contributed by atoms with E-state index < -0.39 is 0 Å². The number of amides is 1. The van der Waals surface area contributed by atoms with Gasteiger partial charge in [0.05, 0.1) is 12.1 Å². The monoisotopic (exact) mass is 399 g/mol. The standard InChI is InChI=1S/C19H27BrFNO2/c1-13(14(2)24-3)22(19(23)15-7-5-4-6-8-15)12-16-9-10-17(20)11-18(16)21/h9-11,13-15H,4-8,12H2,1-3H3/t13-,14?/m1/s1. The van der Waals surface area contributed by atoms with Crippen LogP contribution < -0.4 is 0 Å². The number of halogens is 2. The summed E-state index contributed by atoms with van der Waals surface area (Å²) in [6.07, 6.45) is 5.18. The van der Waals surface area contributed by atoms with Gasteiger partial charge in [0.15, 0.2) is 0 Å². The maximum Gasteiger partial charge on any atom is 0.226 e. The van der Waals surface area contributed by atoms with Crippen LogP contribution in [-0.4, -0.2) is 30.1 Å². The van der Waals surface area contributed by atoms with Crippen molar-refractivity contribution in [2.24, 2.45) is 5.92 Å². The second-order valence-corrected chi connectivity index (χ2v) is 7.63. The van der Waals surface area contributed by atoms with E-state index in [4.69, 9.17) is 4.74 Å². The summed E-state index contributed by atoms with van der Waals surface area (Å²) in [7, 11) is 1.64. The maximum atomic E-state index is 14.3. The predicted octanol–water partition coefficient (Wildman–Crippen LogP) is 4.92. The van der Waals surface area contributed by atoms with Crippen LogP contribution in [0.4, 0.5) is 4.39 Å². The average Bonchev–Trinajstić information content (AvgIpc) is 2.60. The van der Waals surface area contributed by atoms with E-state index in [0.717, 1.165) is 25.7 Å². The molecule has 0 radical (unpaired) electrons. The third-order valence-electron chi connectivity index (χ3n) is 5.14. The zero-order chi connectivity index (χ0) is 17.7. The molecule has 0 bridgehead atoms. The van der Waals surface area contributed by atoms with Crippen molar-refractivity contribution in [2.45, 2.75) is 64.6 Å². The van der Waals surface area contributed by atoms with E-state index in [2.05, 4.69) is 15.9 Å². The van der Waals surface area contributed by atoms with Gasteiger partial charge in [-0.3, -0.25) is 4.79 Å². The Morgan fingerprint density at radius 2 is 2.00 bits per heavy atom. The second kappa shape index (κ2) is 8.95. The molecule has 0 N–H and O–H groups in total. The first-order valence-corrected chi connectivity index (χ1v) is 9.50. The summed E-state index contributed by atoms with van der Waals surface area (Å²) in [5.41, 5.74) is 0.539. The third kappa shape index (κ3) is 4.79. The Labute approximate surface area is 152 Å². The van der Waals surface area contributed by atoms with Crippen LogP contribution in [-0.2, 0) is 16.1 Å². The summed E-state index contributed by atoms with van der Waals surface area (Å²) in [6, 6.07) is 4.90. The van der Waals surface area contributed by atoms with Gasteiger partial charge in [0.1, 0.15) is 5.82 Å². The molecular weight excluding hydrogens is 373 g/mol. The second-order valence-electron chi connectivity index (χ2n) is 6.72. The first-order chi connectivity index (χ1) is 11.4. The number of ether oxygens (including phenoxy) is 1. The van der Waals surface area contributed by atoms with E-state index in [0.29, 0.717) is 10.0 Å². The van der Waals surface area contributed by atoms with Crippen LogP contribution in [0.25, 0.3) is 0 Å². The Hall–Kier alpha value is -0.940. The normalized spacial score (nSPS) is 18.2. The van der Waals surface area contributed by atoms with Gasteiger partial charge in [-0.05, 0) is 38.8 Å². The Morgan fingerprint density at radius 3 is 2.58 bits per heavy atom. The van der Waals surface area contributed by atoms with Crippen molar-refractivity contribution in [2.75, 3.05) is 7.11 Å². The van der Waals surface area contributed by atoms with Gasteiger partial charge >= 0.3 is 0 Å². The molecule has 0 aliphatic heterocycles. The van der Waals surface area contributed by atoms with E-state index in [1.807, 2.05) is 19.9 Å². The molecule has 0 saturated heterocycles. The van der Waals surface area contributed by atoms with Crippen LogP contribution in [0.2, 0.25) is 0 Å². The molecule has 1 aliphatic carbocycles. The minimum absolute atomic E-state index is 0.0590. The number of nitrogens with zero attached hydrogens (tertiary/aromatic N) is 1. The van der Waals surface area contributed by atoms with E-state index in [9.17, 15) is 9.18 Å². The molecule has 1 unspecified atom stereocenters. The molecule has 0 heterocycles. The summed E-state index contributed by atoms with van der Waals surface area (Å²) in [5, 5.41) is 0. The molecule has 1 aliphatic rings. The van der Waals surface area contributed by atoms with Crippen molar-refractivity contribution in [3.63, 3.8) is 0 Å². The molecule has 0 spiro atoms. The predicted molar refractivity (Wildman–Crippen MR) is 97.2 cm³/mol. The molecular formula is C19H27BrFNO2. The number of carbonyl (C=O) groups is 1. The summed E-state index contributed by atoms with van der Waals surface area (Å²) in [5.74, 6) is -0.0970. The van der Waals surface area contributed by atoms with Gasteiger partial charge in [-0.1, -0.05) is 41.3 Å². The minimum atomic E-state index is -0.289. The molecule has 1 saturated carbocycles. The van der Waals surface area contributed by atoms with Gasteiger partial charge in [0, 0.05) is 29.6 Å². The first kappa shape index (κ1) is 19.4. The molecule has 1 fully saturated rings. The third-order valence-corrected chi connectivity index (χ3v) is 5.63. The molecule has 2 atom stereocenters. The molecule has 2 rings (SSSR count). The van der Waals surface area contributed by atoms with Gasteiger partial charge in [0.25, 0.3) is 0 Å². The highest BCUT2D eigenvalue weighted by molar-refractivity contribution is 9.10. The summed E-state index contributed by atoms with van der Waals surface area (Å²) >= 11 is 3.28. The van der Waals surface area contributed by atoms with E-state index in [1.165, 1.54) is 12.5 Å². The van der Waals surface area contributed by atoms with Crippen molar-refractivity contribution < 1.29 is 13.9 Å². The van der Waals surface area contributed by atoms with E-state index in [-0.39, 0.29) is 36.3 Å². The highest BCUT2D eigenvalue weighted by Gasteiger charge is 2.31. The Kier molecular flexibility index (Phi) is 7.23. The van der Waals surface area contributed by atoms with Crippen LogP contribution in [0, 0.1) is 11.7 Å². The Balaban J connectivity index is 2.22. The largest absolute Gasteiger partial charge is 0.380 e. The van der Waals surface area contributed by atoms with Gasteiger partial charge in [0.2, 0.25) is 5.91 Å². The highest BCUT2D eigenvalue weighted by Crippen LogP contribution is 2.28. The number of carbonyl (C=O) groups excluding carboxylic acids is 1. The molecule has 0 aromatic heterocycles. The molecule has 134 valence electrons. The van der Waals surface area contributed by atoms with Crippen LogP contribution in [0.15, 0.2) is 22.7 Å². The quantitative estimate of drug-likeness (QED) is 0.679. The van der Waals surface area contributed by atoms with Gasteiger partial charge in [-0.15, -0.1) is 0 Å². The zero-order valence-electron chi connectivity index (χ0n) is 14.7. The lowest BCUT2D eigenvalue weighted by Gasteiger charge is -2.36. The first-order valence-electron chi connectivity index (χ1n) is 8.71. The molecule has 5 heteroatoms. The average molecular weight is 400 g/mol. The maximum absolute atomic E-state index is 14.3. The lowest BCUT2D eigenvalue weighted by atomic mass is 9.87. The van der Waals surface area contributed by atoms with Crippen LogP contribution in [0.3, 0.4) is 0 Å². The number of hydrogen-bond donors (Lipinski definition) is 0. The lowest BCUT2D eigenvalue weighted by molar-refractivity contribution is -0.142. The van der Waals surface area contributed by atoms with Gasteiger partial charge in [-0.2, -0.15) is 0 Å². The Bertz CT molecular complexity index is 560. The number of rotatable bonds is 6. The minimum Gasteiger partial charge on any atom is -0.380 e. The fraction of sp³-hybridized carbons (Fsp3) is 0.632. The van der Waals surface area contributed by atoms with Gasteiger partial charge < -0.3 is 9.64 Å². The van der Waals surface area contributed by atoms with Crippen LogP contribution in [0.1, 0.15) is 51.5 Å². The molecule has 3 nitrogen and oxygen atoms in total. The van der Waals surface area contributed by atoms with Gasteiger partial charge in [-0.25, -0.2) is 4.39 Å². The van der Waals surface area contributed by atoms with E-state index in [1.54, 1.807) is 18.1 Å². The molecule has 1 aromatic carbocycles. The number of benzene rings is 1. The Morgan fingerprint density at radius 1 is 1.33 bits per heavy atom. The molecule has 24 heavy (non-hydrogen) atoms. The van der Waals surface area contributed by atoms with Crippen LogP contribution >= 0.6 is 15.9 Å². The zero-order valence-corrected chi connectivity index (χ0v) is 16.3. The lowest BCUT2D eigenvalue weighted by Crippen LogP contribution is -2.47. The van der Waals surface area contributed by atoms with Crippen molar-refractivity contribution >= 4 is 21.8 Å². The summed E-state index contributed by atoms with van der Waals surface area (Å²) < 4.78 is 20.4. The molecule has 1 aromatic rings. The van der Waals surface area contributed by atoms with E-state index >= 15 is 0 Å². The summed E-state index contributed by atoms with van der Waals surface area (Å²) in [6.45, 7) is 4.21. The topological polar surface area (TPSA) is 29.5 Å². The summed E-state index contributed by atoms with van der Waals surface area (Å²) in [4.78, 5) is 14.9.